The number of carbonyl (C=O) groups excluding carboxylic acids is 1. The summed E-state index contributed by atoms with van der Waals surface area (Å²) in [7, 11) is 0. The van der Waals surface area contributed by atoms with Crippen LogP contribution in [0.4, 0.5) is 0 Å². The van der Waals surface area contributed by atoms with E-state index in [1.54, 1.807) is 0 Å². The molecule has 70 heavy (non-hydrogen) atoms. The summed E-state index contributed by atoms with van der Waals surface area (Å²) in [6, 6.07) is -1.01. The van der Waals surface area contributed by atoms with E-state index in [9.17, 15) is 25.2 Å². The van der Waals surface area contributed by atoms with Crippen molar-refractivity contribution < 1.29 is 25.2 Å². The highest BCUT2D eigenvalue weighted by molar-refractivity contribution is 5.80. The summed E-state index contributed by atoms with van der Waals surface area (Å²) < 4.78 is 0. The third kappa shape index (κ3) is 51.2. The lowest BCUT2D eigenvalue weighted by Gasteiger charge is -2.27. The van der Waals surface area contributed by atoms with Crippen LogP contribution in [0.2, 0.25) is 0 Å². The van der Waals surface area contributed by atoms with Gasteiger partial charge in [0.1, 0.15) is 12.2 Å². The molecule has 0 heterocycles. The molecule has 0 saturated carbocycles. The quantitative estimate of drug-likeness (QED) is 0.0308. The maximum atomic E-state index is 12.6. The highest BCUT2D eigenvalue weighted by Crippen LogP contribution is 2.18. The molecule has 0 saturated heterocycles. The van der Waals surface area contributed by atoms with Crippen molar-refractivity contribution in [1.82, 2.24) is 5.32 Å². The van der Waals surface area contributed by atoms with Crippen LogP contribution < -0.4 is 5.32 Å². The third-order valence-corrected chi connectivity index (χ3v) is 14.5. The van der Waals surface area contributed by atoms with Crippen LogP contribution in [0.25, 0.3) is 0 Å². The Morgan fingerprint density at radius 1 is 0.343 bits per heavy atom. The van der Waals surface area contributed by atoms with Gasteiger partial charge in [0.25, 0.3) is 0 Å². The lowest BCUT2D eigenvalue weighted by atomic mass is 10.00. The molecule has 0 aliphatic carbocycles. The summed E-state index contributed by atoms with van der Waals surface area (Å²) in [6.45, 7) is 4.03. The molecule has 6 heteroatoms. The van der Waals surface area contributed by atoms with Crippen molar-refractivity contribution >= 4 is 5.91 Å². The average molecular weight is 985 g/mol. The van der Waals surface area contributed by atoms with Gasteiger partial charge in [-0.2, -0.15) is 0 Å². The maximum absolute atomic E-state index is 12.6. The smallest absolute Gasteiger partial charge is 0.249 e. The van der Waals surface area contributed by atoms with Crippen LogP contribution in [0, 0.1) is 0 Å². The van der Waals surface area contributed by atoms with E-state index >= 15 is 0 Å². The minimum atomic E-state index is -1.29. The Bertz CT molecular complexity index is 1150. The number of carbonyl (C=O) groups is 1. The highest BCUT2D eigenvalue weighted by Gasteiger charge is 2.28. The predicted molar refractivity (Wildman–Crippen MR) is 307 cm³/mol. The van der Waals surface area contributed by atoms with Crippen LogP contribution in [0.3, 0.4) is 0 Å². The fourth-order valence-electron chi connectivity index (χ4n) is 9.61. The lowest BCUT2D eigenvalue weighted by Crippen LogP contribution is -2.53. The zero-order chi connectivity index (χ0) is 50.9. The van der Waals surface area contributed by atoms with Gasteiger partial charge in [-0.15, -0.1) is 0 Å². The first kappa shape index (κ1) is 68.3. The fraction of sp³-hybridized carbons (Fsp3) is 0.859. The predicted octanol–water partition coefficient (Wildman–Crippen LogP) is 18.5. The zero-order valence-electron chi connectivity index (χ0n) is 46.8. The number of rotatable bonds is 57. The molecular weight excluding hydrogens is 863 g/mol. The average Bonchev–Trinajstić information content (AvgIpc) is 3.36. The maximum Gasteiger partial charge on any atom is 0.249 e. The minimum absolute atomic E-state index is 0.359. The molecule has 0 spiro atoms. The highest BCUT2D eigenvalue weighted by atomic mass is 16.3. The van der Waals surface area contributed by atoms with Crippen molar-refractivity contribution in [2.24, 2.45) is 0 Å². The summed E-state index contributed by atoms with van der Waals surface area (Å²) >= 11 is 0. The van der Waals surface area contributed by atoms with Crippen molar-refractivity contribution in [2.75, 3.05) is 6.61 Å². The number of unbranched alkanes of at least 4 members (excludes halogenated alkanes) is 40. The van der Waals surface area contributed by atoms with Gasteiger partial charge in [-0.05, 0) is 89.9 Å². The van der Waals surface area contributed by atoms with E-state index in [-0.39, 0.29) is 0 Å². The number of aliphatic hydroxyl groups excluding tert-OH is 4. The van der Waals surface area contributed by atoms with E-state index in [1.165, 1.54) is 238 Å². The van der Waals surface area contributed by atoms with Crippen LogP contribution >= 0.6 is 0 Å². The van der Waals surface area contributed by atoms with Crippen LogP contribution in [0.1, 0.15) is 322 Å². The van der Waals surface area contributed by atoms with Crippen molar-refractivity contribution in [2.45, 2.75) is 346 Å². The van der Waals surface area contributed by atoms with Gasteiger partial charge >= 0.3 is 0 Å². The number of aliphatic hydroxyl groups is 4. The molecule has 0 bridgehead atoms. The molecule has 0 fully saturated rings. The van der Waals surface area contributed by atoms with Gasteiger partial charge in [-0.1, -0.05) is 281 Å². The van der Waals surface area contributed by atoms with Gasteiger partial charge in [-0.3, -0.25) is 4.79 Å². The van der Waals surface area contributed by atoms with E-state index in [0.717, 1.165) is 51.4 Å². The summed E-state index contributed by atoms with van der Waals surface area (Å²) in [5.41, 5.74) is 0. The Kier molecular flexibility index (Phi) is 56.7. The van der Waals surface area contributed by atoms with E-state index in [0.29, 0.717) is 19.3 Å². The summed E-state index contributed by atoms with van der Waals surface area (Å²) in [4.78, 5) is 12.6. The molecule has 1 amide bonds. The van der Waals surface area contributed by atoms with E-state index < -0.39 is 36.9 Å². The molecule has 0 rings (SSSR count). The van der Waals surface area contributed by atoms with Crippen molar-refractivity contribution in [3.63, 3.8) is 0 Å². The number of amides is 1. The molecule has 0 radical (unpaired) electrons. The normalized spacial score (nSPS) is 14.0. The first-order chi connectivity index (χ1) is 34.5. The Morgan fingerprint density at radius 3 is 0.929 bits per heavy atom. The Hall–Kier alpha value is -1.73. The van der Waals surface area contributed by atoms with E-state index in [2.05, 4.69) is 67.8 Å². The van der Waals surface area contributed by atoms with Gasteiger partial charge in [-0.25, -0.2) is 0 Å². The monoisotopic (exact) mass is 984 g/mol. The standard InChI is InChI=1S/C64H121NO5/c1-3-5-7-9-11-13-15-17-19-21-22-23-24-25-26-27-28-29-30-31-32-33-34-35-36-37-38-39-40-41-42-44-46-48-50-52-54-56-58-62(68)64(70)65-60(59-66)63(69)61(67)57-55-53-51-49-47-45-43-20-18-16-14-12-10-8-6-4-2/h12,14,20,31-32,43,49,51,60-63,66-69H,3-11,13,15-19,21-30,33-42,44-48,50,52-59H2,1-2H3,(H,65,70)/b14-12+,32-31-,43-20+,51-49+. The van der Waals surface area contributed by atoms with Crippen LogP contribution in [-0.4, -0.2) is 57.3 Å². The Labute approximate surface area is 436 Å². The van der Waals surface area contributed by atoms with Crippen LogP contribution in [-0.2, 0) is 4.79 Å². The largest absolute Gasteiger partial charge is 0.394 e. The van der Waals surface area contributed by atoms with Crippen molar-refractivity contribution in [3.8, 4) is 0 Å². The summed E-state index contributed by atoms with van der Waals surface area (Å²) in [6.07, 6.45) is 75.1. The Morgan fingerprint density at radius 2 is 0.600 bits per heavy atom. The third-order valence-electron chi connectivity index (χ3n) is 14.5. The topological polar surface area (TPSA) is 110 Å². The molecule has 4 atom stereocenters. The fourth-order valence-corrected chi connectivity index (χ4v) is 9.61. The molecule has 4 unspecified atom stereocenters. The van der Waals surface area contributed by atoms with Gasteiger partial charge in [0, 0.05) is 0 Å². The first-order valence-corrected chi connectivity index (χ1v) is 31.0. The SMILES string of the molecule is CCCCC/C=C/CC/C=C/CC/C=C/CCCC(O)C(O)C(CO)NC(=O)C(O)CCCCCCCCCCCCCCCCCC/C=C\CCCCCCCCCCCCCCCCCCCC. The molecule has 0 aromatic rings. The molecule has 5 N–H and O–H groups in total. The molecule has 0 aliphatic heterocycles. The van der Waals surface area contributed by atoms with Crippen molar-refractivity contribution in [3.05, 3.63) is 48.6 Å². The van der Waals surface area contributed by atoms with E-state index in [4.69, 9.17) is 0 Å². The van der Waals surface area contributed by atoms with E-state index in [1.807, 2.05) is 0 Å². The number of hydrogen-bond acceptors (Lipinski definition) is 5. The van der Waals surface area contributed by atoms with Gasteiger partial charge in [0.15, 0.2) is 0 Å². The second kappa shape index (κ2) is 58.2. The molecule has 0 aromatic heterocycles. The first-order valence-electron chi connectivity index (χ1n) is 31.0. The zero-order valence-corrected chi connectivity index (χ0v) is 46.8. The van der Waals surface area contributed by atoms with Gasteiger partial charge in [0.2, 0.25) is 5.91 Å². The van der Waals surface area contributed by atoms with Gasteiger partial charge < -0.3 is 25.7 Å². The second-order valence-corrected chi connectivity index (χ2v) is 21.4. The number of hydrogen-bond donors (Lipinski definition) is 5. The van der Waals surface area contributed by atoms with Crippen molar-refractivity contribution in [1.29, 1.82) is 0 Å². The molecule has 0 aromatic carbocycles. The van der Waals surface area contributed by atoms with Gasteiger partial charge in [0.05, 0.1) is 18.8 Å². The molecule has 0 aliphatic rings. The molecule has 6 nitrogen and oxygen atoms in total. The van der Waals surface area contributed by atoms with Crippen LogP contribution in [0.5, 0.6) is 0 Å². The minimum Gasteiger partial charge on any atom is -0.394 e. The lowest BCUT2D eigenvalue weighted by molar-refractivity contribution is -0.132. The Balaban J connectivity index is 3.55. The number of nitrogens with one attached hydrogen (secondary N) is 1. The summed E-state index contributed by atoms with van der Waals surface area (Å²) in [5.74, 6) is -0.597. The van der Waals surface area contributed by atoms with Crippen LogP contribution in [0.15, 0.2) is 48.6 Å². The summed E-state index contributed by atoms with van der Waals surface area (Å²) in [5, 5.41) is 43.9. The molecule has 412 valence electrons. The number of allylic oxidation sites excluding steroid dienone is 8. The second-order valence-electron chi connectivity index (χ2n) is 21.4. The molecular formula is C64H121NO5.